The Bertz CT molecular complexity index is 223. The number of hydrogen-bond donors (Lipinski definition) is 0. The number of hydrogen-bond acceptors (Lipinski definition) is 3. The zero-order chi connectivity index (χ0) is 10.6. The van der Waals surface area contributed by atoms with Gasteiger partial charge in [-0.05, 0) is 25.7 Å². The van der Waals surface area contributed by atoms with Crippen molar-refractivity contribution in [2.45, 2.75) is 39.0 Å². The molecule has 3 heteroatoms. The monoisotopic (exact) mass is 198 g/mol. The van der Waals surface area contributed by atoms with Gasteiger partial charge in [-0.25, -0.2) is 0 Å². The standard InChI is InChI=1S/C11H18O3/c1-8(12)10-6-4-3-5-9(10)7-11(13)14-2/h9-10H,3-7H2,1-2H3/t9-,10-/m0/s1. The SMILES string of the molecule is COC(=O)C[C@@H]1CCCC[C@H]1C(C)=O. The largest absolute Gasteiger partial charge is 0.469 e. The summed E-state index contributed by atoms with van der Waals surface area (Å²) in [7, 11) is 1.40. The molecule has 0 aromatic carbocycles. The van der Waals surface area contributed by atoms with Crippen molar-refractivity contribution >= 4 is 11.8 Å². The first-order valence-electron chi connectivity index (χ1n) is 5.22. The van der Waals surface area contributed by atoms with E-state index < -0.39 is 0 Å². The first-order chi connectivity index (χ1) is 6.65. The summed E-state index contributed by atoms with van der Waals surface area (Å²) in [5.74, 6) is 0.332. The minimum absolute atomic E-state index is 0.0860. The van der Waals surface area contributed by atoms with Crippen LogP contribution in [-0.4, -0.2) is 18.9 Å². The molecule has 0 bridgehead atoms. The van der Waals surface area contributed by atoms with Gasteiger partial charge in [0.2, 0.25) is 0 Å². The number of esters is 1. The van der Waals surface area contributed by atoms with Gasteiger partial charge in [0.25, 0.3) is 0 Å². The van der Waals surface area contributed by atoms with E-state index in [2.05, 4.69) is 4.74 Å². The van der Waals surface area contributed by atoms with E-state index in [-0.39, 0.29) is 23.6 Å². The van der Waals surface area contributed by atoms with Crippen LogP contribution in [0.15, 0.2) is 0 Å². The van der Waals surface area contributed by atoms with Crippen molar-refractivity contribution in [3.63, 3.8) is 0 Å². The van der Waals surface area contributed by atoms with Crippen molar-refractivity contribution in [3.05, 3.63) is 0 Å². The molecule has 3 nitrogen and oxygen atoms in total. The number of Topliss-reactive ketones (excluding diaryl/α,β-unsaturated/α-hetero) is 1. The highest BCUT2D eigenvalue weighted by Crippen LogP contribution is 2.33. The minimum atomic E-state index is -0.192. The Balaban J connectivity index is 2.54. The predicted octanol–water partition coefficient (Wildman–Crippen LogP) is 1.94. The molecule has 0 unspecified atom stereocenters. The Hall–Kier alpha value is -0.860. The van der Waals surface area contributed by atoms with E-state index in [1.807, 2.05) is 0 Å². The van der Waals surface area contributed by atoms with Crippen LogP contribution in [0.1, 0.15) is 39.0 Å². The third-order valence-corrected chi connectivity index (χ3v) is 3.09. The summed E-state index contributed by atoms with van der Waals surface area (Å²) in [4.78, 5) is 22.4. The fraction of sp³-hybridized carbons (Fsp3) is 0.818. The van der Waals surface area contributed by atoms with Crippen LogP contribution in [0.4, 0.5) is 0 Å². The number of methoxy groups -OCH3 is 1. The Morgan fingerprint density at radius 3 is 2.50 bits per heavy atom. The number of carbonyl (C=O) groups excluding carboxylic acids is 2. The lowest BCUT2D eigenvalue weighted by molar-refractivity contribution is -0.142. The maximum absolute atomic E-state index is 11.3. The normalized spacial score (nSPS) is 27.0. The fourth-order valence-electron chi connectivity index (χ4n) is 2.28. The van der Waals surface area contributed by atoms with Gasteiger partial charge < -0.3 is 4.74 Å². The molecule has 0 amide bonds. The lowest BCUT2D eigenvalue weighted by atomic mass is 9.76. The van der Waals surface area contributed by atoms with Gasteiger partial charge in [0.1, 0.15) is 5.78 Å². The van der Waals surface area contributed by atoms with Crippen LogP contribution < -0.4 is 0 Å². The first-order valence-corrected chi connectivity index (χ1v) is 5.22. The molecule has 1 saturated carbocycles. The molecule has 1 rings (SSSR count). The second kappa shape index (κ2) is 5.13. The Morgan fingerprint density at radius 2 is 1.93 bits per heavy atom. The first kappa shape index (κ1) is 11.2. The van der Waals surface area contributed by atoms with Gasteiger partial charge in [-0.2, -0.15) is 0 Å². The molecular formula is C11H18O3. The molecule has 0 radical (unpaired) electrons. The van der Waals surface area contributed by atoms with Gasteiger partial charge in [0.05, 0.1) is 7.11 Å². The molecule has 0 aliphatic heterocycles. The van der Waals surface area contributed by atoms with Crippen LogP contribution in [0.2, 0.25) is 0 Å². The van der Waals surface area contributed by atoms with Crippen molar-refractivity contribution < 1.29 is 14.3 Å². The molecule has 2 atom stereocenters. The fourth-order valence-corrected chi connectivity index (χ4v) is 2.28. The lowest BCUT2D eigenvalue weighted by Gasteiger charge is -2.28. The summed E-state index contributed by atoms with van der Waals surface area (Å²) in [6.45, 7) is 1.63. The highest BCUT2D eigenvalue weighted by molar-refractivity contribution is 5.79. The quantitative estimate of drug-likeness (QED) is 0.651. The maximum atomic E-state index is 11.3. The predicted molar refractivity (Wildman–Crippen MR) is 52.8 cm³/mol. The van der Waals surface area contributed by atoms with Crippen LogP contribution in [0.3, 0.4) is 0 Å². The van der Waals surface area contributed by atoms with Crippen molar-refractivity contribution in [3.8, 4) is 0 Å². The average molecular weight is 198 g/mol. The zero-order valence-electron chi connectivity index (χ0n) is 8.91. The molecule has 0 heterocycles. The number of carbonyl (C=O) groups is 2. The van der Waals surface area contributed by atoms with Crippen LogP contribution in [0.5, 0.6) is 0 Å². The lowest BCUT2D eigenvalue weighted by Crippen LogP contribution is -2.27. The van der Waals surface area contributed by atoms with Crippen LogP contribution >= 0.6 is 0 Å². The summed E-state index contributed by atoms with van der Waals surface area (Å²) >= 11 is 0. The van der Waals surface area contributed by atoms with Crippen LogP contribution in [-0.2, 0) is 14.3 Å². The molecule has 0 aromatic heterocycles. The van der Waals surface area contributed by atoms with E-state index in [1.54, 1.807) is 6.92 Å². The zero-order valence-corrected chi connectivity index (χ0v) is 8.91. The summed E-state index contributed by atoms with van der Waals surface area (Å²) in [6.07, 6.45) is 4.57. The maximum Gasteiger partial charge on any atom is 0.305 e. The van der Waals surface area contributed by atoms with Gasteiger partial charge in [-0.3, -0.25) is 9.59 Å². The minimum Gasteiger partial charge on any atom is -0.469 e. The van der Waals surface area contributed by atoms with Gasteiger partial charge in [-0.15, -0.1) is 0 Å². The molecular weight excluding hydrogens is 180 g/mol. The van der Waals surface area contributed by atoms with Crippen LogP contribution in [0.25, 0.3) is 0 Å². The molecule has 14 heavy (non-hydrogen) atoms. The summed E-state index contributed by atoms with van der Waals surface area (Å²) in [5, 5.41) is 0. The summed E-state index contributed by atoms with van der Waals surface area (Å²) < 4.78 is 4.63. The Labute approximate surface area is 84.8 Å². The molecule has 0 N–H and O–H groups in total. The second-order valence-electron chi connectivity index (χ2n) is 4.04. The topological polar surface area (TPSA) is 43.4 Å². The molecule has 1 fully saturated rings. The van der Waals surface area contributed by atoms with Gasteiger partial charge in [0, 0.05) is 12.3 Å². The molecule has 1 aliphatic rings. The average Bonchev–Trinajstić information content (AvgIpc) is 2.18. The molecule has 1 aliphatic carbocycles. The Morgan fingerprint density at radius 1 is 1.29 bits per heavy atom. The van der Waals surface area contributed by atoms with Crippen molar-refractivity contribution in [2.24, 2.45) is 11.8 Å². The second-order valence-corrected chi connectivity index (χ2v) is 4.04. The smallest absolute Gasteiger partial charge is 0.305 e. The molecule has 80 valence electrons. The van der Waals surface area contributed by atoms with Gasteiger partial charge in [0.15, 0.2) is 0 Å². The summed E-state index contributed by atoms with van der Waals surface area (Å²) in [6, 6.07) is 0. The van der Waals surface area contributed by atoms with E-state index in [0.29, 0.717) is 6.42 Å². The van der Waals surface area contributed by atoms with E-state index in [4.69, 9.17) is 0 Å². The van der Waals surface area contributed by atoms with Crippen molar-refractivity contribution in [1.29, 1.82) is 0 Å². The summed E-state index contributed by atoms with van der Waals surface area (Å²) in [5.41, 5.74) is 0. The molecule has 0 spiro atoms. The molecule has 0 aromatic rings. The van der Waals surface area contributed by atoms with Crippen molar-refractivity contribution in [1.82, 2.24) is 0 Å². The van der Waals surface area contributed by atoms with E-state index in [0.717, 1.165) is 25.7 Å². The van der Waals surface area contributed by atoms with Crippen molar-refractivity contribution in [2.75, 3.05) is 7.11 Å². The van der Waals surface area contributed by atoms with E-state index >= 15 is 0 Å². The third kappa shape index (κ3) is 2.82. The highest BCUT2D eigenvalue weighted by Gasteiger charge is 2.30. The van der Waals surface area contributed by atoms with Gasteiger partial charge >= 0.3 is 5.97 Å². The Kier molecular flexibility index (Phi) is 4.11. The van der Waals surface area contributed by atoms with E-state index in [1.165, 1.54) is 7.11 Å². The highest BCUT2D eigenvalue weighted by atomic mass is 16.5. The van der Waals surface area contributed by atoms with E-state index in [9.17, 15) is 9.59 Å². The van der Waals surface area contributed by atoms with Gasteiger partial charge in [-0.1, -0.05) is 12.8 Å². The molecule has 0 saturated heterocycles. The third-order valence-electron chi connectivity index (χ3n) is 3.09. The number of rotatable bonds is 3. The van der Waals surface area contributed by atoms with Crippen LogP contribution in [0, 0.1) is 11.8 Å². The number of ketones is 1. The number of ether oxygens (including phenoxy) is 1.